The second kappa shape index (κ2) is 10.5. The number of aromatic nitrogens is 4. The zero-order valence-corrected chi connectivity index (χ0v) is 18.4. The summed E-state index contributed by atoms with van der Waals surface area (Å²) in [6, 6.07) is 2.68. The van der Waals surface area contributed by atoms with Crippen LogP contribution in [0.3, 0.4) is 0 Å². The lowest BCUT2D eigenvalue weighted by Gasteiger charge is -2.19. The van der Waals surface area contributed by atoms with E-state index in [0.717, 1.165) is 19.4 Å². The molecule has 1 aliphatic heterocycles. The molecular weight excluding hydrogens is 451 g/mol. The molecule has 0 bridgehead atoms. The number of amides is 1. The van der Waals surface area contributed by atoms with Crippen LogP contribution in [0.4, 0.5) is 30.6 Å². The van der Waals surface area contributed by atoms with Crippen molar-refractivity contribution in [2.24, 2.45) is 0 Å². The predicted octanol–water partition coefficient (Wildman–Crippen LogP) is 3.13. The van der Waals surface area contributed by atoms with Gasteiger partial charge in [0, 0.05) is 43.2 Å². The van der Waals surface area contributed by atoms with Gasteiger partial charge in [0.05, 0.1) is 24.0 Å². The number of benzene rings is 1. The van der Waals surface area contributed by atoms with Crippen LogP contribution >= 0.6 is 0 Å². The average Bonchev–Trinajstić information content (AvgIpc) is 3.46. The minimum absolute atomic E-state index is 0.0351. The van der Waals surface area contributed by atoms with Crippen LogP contribution in [0.15, 0.2) is 36.8 Å². The lowest BCUT2D eigenvalue weighted by Crippen LogP contribution is -2.42. The summed E-state index contributed by atoms with van der Waals surface area (Å²) in [6.07, 6.45) is 6.57. The van der Waals surface area contributed by atoms with Crippen molar-refractivity contribution in [2.45, 2.75) is 45.0 Å². The number of hydrogen-bond acceptors (Lipinski definition) is 7. The summed E-state index contributed by atoms with van der Waals surface area (Å²) in [5.41, 5.74) is 0.246. The molecule has 1 amide bonds. The highest BCUT2D eigenvalue weighted by Gasteiger charge is 2.23. The van der Waals surface area contributed by atoms with E-state index < -0.39 is 17.5 Å². The number of halogens is 3. The summed E-state index contributed by atoms with van der Waals surface area (Å²) < 4.78 is 47.7. The van der Waals surface area contributed by atoms with Gasteiger partial charge in [-0.05, 0) is 25.8 Å². The van der Waals surface area contributed by atoms with E-state index in [0.29, 0.717) is 23.6 Å². The second-order valence-corrected chi connectivity index (χ2v) is 7.93. The van der Waals surface area contributed by atoms with E-state index in [1.807, 2.05) is 6.92 Å². The molecular formula is C22H24F3N7O2. The zero-order valence-electron chi connectivity index (χ0n) is 18.4. The lowest BCUT2D eigenvalue weighted by atomic mass is 10.1. The topological polar surface area (TPSA) is 106 Å². The Bertz CT molecular complexity index is 1130. The molecule has 0 saturated carbocycles. The number of hydrogen-bond donors (Lipinski definition) is 3. The molecule has 34 heavy (non-hydrogen) atoms. The number of rotatable bonds is 9. The van der Waals surface area contributed by atoms with Gasteiger partial charge in [0.1, 0.15) is 29.8 Å². The molecule has 4 rings (SSSR count). The third-order valence-corrected chi connectivity index (χ3v) is 5.31. The van der Waals surface area contributed by atoms with Crippen molar-refractivity contribution >= 4 is 23.4 Å². The van der Waals surface area contributed by atoms with E-state index in [1.54, 1.807) is 6.20 Å². The molecule has 2 unspecified atom stereocenters. The largest absolute Gasteiger partial charge is 0.376 e. The fourth-order valence-electron chi connectivity index (χ4n) is 3.62. The van der Waals surface area contributed by atoms with Crippen molar-refractivity contribution in [1.29, 1.82) is 0 Å². The van der Waals surface area contributed by atoms with E-state index >= 15 is 0 Å². The second-order valence-electron chi connectivity index (χ2n) is 7.93. The van der Waals surface area contributed by atoms with Crippen molar-refractivity contribution in [1.82, 2.24) is 25.1 Å². The number of anilines is 3. The molecule has 3 N–H and O–H groups in total. The Morgan fingerprint density at radius 2 is 2.09 bits per heavy atom. The van der Waals surface area contributed by atoms with Crippen LogP contribution in [0.2, 0.25) is 0 Å². The molecule has 1 saturated heterocycles. The van der Waals surface area contributed by atoms with Crippen LogP contribution in [-0.2, 0) is 22.6 Å². The monoisotopic (exact) mass is 475 g/mol. The Balaban J connectivity index is 1.31. The fraction of sp³-hybridized carbons (Fsp3) is 0.364. The Hall–Kier alpha value is -3.67. The zero-order chi connectivity index (χ0) is 24.1. The van der Waals surface area contributed by atoms with Gasteiger partial charge in [0.15, 0.2) is 0 Å². The standard InChI is InChI=1S/C22H24F3N7O2/c1-13(19-3-2-6-34-19)29-21(33)12-32-11-15(9-28-32)30-22-26-5-4-20(31-22)27-10-16-17(24)7-14(23)8-18(16)25/h4-5,7-9,11,13,19H,2-3,6,10,12H2,1H3,(H,29,33)(H2,26,27,30,31). The minimum atomic E-state index is -0.987. The third kappa shape index (κ3) is 6.01. The average molecular weight is 475 g/mol. The molecule has 2 atom stereocenters. The fourth-order valence-corrected chi connectivity index (χ4v) is 3.62. The van der Waals surface area contributed by atoms with Crippen molar-refractivity contribution in [3.8, 4) is 0 Å². The van der Waals surface area contributed by atoms with E-state index in [9.17, 15) is 18.0 Å². The number of carbonyl (C=O) groups is 1. The quantitative estimate of drug-likeness (QED) is 0.437. The van der Waals surface area contributed by atoms with Crippen LogP contribution < -0.4 is 16.0 Å². The molecule has 0 spiro atoms. The summed E-state index contributed by atoms with van der Waals surface area (Å²) >= 11 is 0. The van der Waals surface area contributed by atoms with E-state index in [2.05, 4.69) is 31.0 Å². The Kier molecular flexibility index (Phi) is 7.26. The Morgan fingerprint density at radius 1 is 1.29 bits per heavy atom. The van der Waals surface area contributed by atoms with Crippen LogP contribution in [0.1, 0.15) is 25.3 Å². The predicted molar refractivity (Wildman–Crippen MR) is 118 cm³/mol. The van der Waals surface area contributed by atoms with Crippen molar-refractivity contribution in [3.63, 3.8) is 0 Å². The molecule has 9 nitrogen and oxygen atoms in total. The highest BCUT2D eigenvalue weighted by atomic mass is 19.1. The van der Waals surface area contributed by atoms with Crippen LogP contribution in [0, 0.1) is 17.5 Å². The normalized spacial score (nSPS) is 16.3. The van der Waals surface area contributed by atoms with Gasteiger partial charge >= 0.3 is 0 Å². The van der Waals surface area contributed by atoms with Gasteiger partial charge in [-0.3, -0.25) is 9.48 Å². The highest BCUT2D eigenvalue weighted by Crippen LogP contribution is 2.18. The maximum atomic E-state index is 13.8. The van der Waals surface area contributed by atoms with Crippen molar-refractivity contribution in [3.05, 3.63) is 59.8 Å². The van der Waals surface area contributed by atoms with Crippen molar-refractivity contribution in [2.75, 3.05) is 17.2 Å². The summed E-state index contributed by atoms with van der Waals surface area (Å²) in [5.74, 6) is -2.63. The number of carbonyl (C=O) groups excluding carboxylic acids is 1. The van der Waals surface area contributed by atoms with Gasteiger partial charge < -0.3 is 20.7 Å². The Morgan fingerprint density at radius 3 is 2.82 bits per heavy atom. The molecule has 3 aromatic rings. The maximum absolute atomic E-state index is 13.8. The smallest absolute Gasteiger partial charge is 0.242 e. The van der Waals surface area contributed by atoms with E-state index in [4.69, 9.17) is 4.74 Å². The molecule has 1 aliphatic rings. The molecule has 0 radical (unpaired) electrons. The van der Waals surface area contributed by atoms with Gasteiger partial charge in [0.2, 0.25) is 11.9 Å². The van der Waals surface area contributed by atoms with Crippen molar-refractivity contribution < 1.29 is 22.7 Å². The van der Waals surface area contributed by atoms with E-state index in [1.165, 1.54) is 23.1 Å². The minimum Gasteiger partial charge on any atom is -0.376 e. The first kappa shape index (κ1) is 23.5. The summed E-state index contributed by atoms with van der Waals surface area (Å²) in [4.78, 5) is 20.6. The van der Waals surface area contributed by atoms with E-state index in [-0.39, 0.29) is 42.7 Å². The summed E-state index contributed by atoms with van der Waals surface area (Å²) in [7, 11) is 0. The highest BCUT2D eigenvalue weighted by molar-refractivity contribution is 5.76. The van der Waals surface area contributed by atoms with Gasteiger partial charge in [-0.1, -0.05) is 0 Å². The lowest BCUT2D eigenvalue weighted by molar-refractivity contribution is -0.123. The molecule has 12 heteroatoms. The summed E-state index contributed by atoms with van der Waals surface area (Å²) in [5, 5.41) is 12.8. The molecule has 2 aromatic heterocycles. The molecule has 180 valence electrons. The molecule has 3 heterocycles. The van der Waals surface area contributed by atoms with Gasteiger partial charge in [0.25, 0.3) is 0 Å². The van der Waals surface area contributed by atoms with Gasteiger partial charge in [-0.2, -0.15) is 10.1 Å². The Labute approximate surface area is 193 Å². The number of ether oxygens (including phenoxy) is 1. The molecule has 0 aliphatic carbocycles. The summed E-state index contributed by atoms with van der Waals surface area (Å²) in [6.45, 7) is 2.45. The maximum Gasteiger partial charge on any atom is 0.242 e. The van der Waals surface area contributed by atoms with Crippen LogP contribution in [0.5, 0.6) is 0 Å². The molecule has 1 aromatic carbocycles. The first-order valence-electron chi connectivity index (χ1n) is 10.8. The van der Waals surface area contributed by atoms with Gasteiger partial charge in [-0.15, -0.1) is 0 Å². The molecule has 1 fully saturated rings. The number of nitrogens with one attached hydrogen (secondary N) is 3. The van der Waals surface area contributed by atoms with Gasteiger partial charge in [-0.25, -0.2) is 18.2 Å². The van der Waals surface area contributed by atoms with Crippen LogP contribution in [-0.4, -0.2) is 44.4 Å². The number of nitrogens with zero attached hydrogens (tertiary/aromatic N) is 4. The SMILES string of the molecule is CC(NC(=O)Cn1cc(Nc2nccc(NCc3c(F)cc(F)cc3F)n2)cn1)C1CCCO1. The first-order chi connectivity index (χ1) is 16.4. The van der Waals surface area contributed by atoms with Crippen LogP contribution in [0.25, 0.3) is 0 Å². The first-order valence-corrected chi connectivity index (χ1v) is 10.8. The third-order valence-electron chi connectivity index (χ3n) is 5.31.